The van der Waals surface area contributed by atoms with E-state index in [4.69, 9.17) is 0 Å². The molecule has 0 aliphatic rings. The molecule has 0 aliphatic carbocycles. The van der Waals surface area contributed by atoms with Crippen LogP contribution in [0.4, 0.5) is 18.0 Å². The molecule has 0 saturated carbocycles. The first kappa shape index (κ1) is 26.7. The number of amides is 2. The lowest BCUT2D eigenvalue weighted by atomic mass is 10.1. The summed E-state index contributed by atoms with van der Waals surface area (Å²) in [5.74, 6) is -0.161. The van der Waals surface area contributed by atoms with Crippen molar-refractivity contribution in [1.29, 1.82) is 0 Å². The lowest BCUT2D eigenvalue weighted by Crippen LogP contribution is -2.42. The van der Waals surface area contributed by atoms with Gasteiger partial charge in [-0.3, -0.25) is 0 Å². The maximum Gasteiger partial charge on any atom is 0.573 e. The largest absolute Gasteiger partial charge is 0.573 e. The van der Waals surface area contributed by atoms with Crippen LogP contribution in [0.1, 0.15) is 23.0 Å². The number of nitrogens with one attached hydrogen (secondary N) is 2. The Labute approximate surface area is 217 Å². The Morgan fingerprint density at radius 2 is 1.74 bits per heavy atom. The Morgan fingerprint density at radius 1 is 1.03 bits per heavy atom. The summed E-state index contributed by atoms with van der Waals surface area (Å²) < 4.78 is 71.4. The van der Waals surface area contributed by atoms with E-state index in [9.17, 15) is 26.4 Å². The molecule has 0 spiro atoms. The smallest absolute Gasteiger partial charge is 0.406 e. The van der Waals surface area contributed by atoms with Crippen LogP contribution in [0.5, 0.6) is 5.75 Å². The third kappa shape index (κ3) is 6.71. The van der Waals surface area contributed by atoms with Gasteiger partial charge >= 0.3 is 12.4 Å². The number of aromatic nitrogens is 2. The van der Waals surface area contributed by atoms with Crippen LogP contribution in [0.3, 0.4) is 0 Å². The zero-order valence-corrected chi connectivity index (χ0v) is 20.8. The minimum atomic E-state index is -4.87. The molecule has 198 valence electrons. The van der Waals surface area contributed by atoms with Gasteiger partial charge in [0.15, 0.2) is 0 Å². The average Bonchev–Trinajstić information content (AvgIpc) is 3.33. The number of hydrogen-bond acceptors (Lipinski definition) is 5. The summed E-state index contributed by atoms with van der Waals surface area (Å²) in [4.78, 5) is 17.2. The molecular formula is C26H23F3N4O4S. The van der Waals surface area contributed by atoms with Crippen molar-refractivity contribution in [3.63, 3.8) is 0 Å². The summed E-state index contributed by atoms with van der Waals surface area (Å²) in [6, 6.07) is 18.7. The van der Waals surface area contributed by atoms with Gasteiger partial charge in [0.05, 0.1) is 16.6 Å². The van der Waals surface area contributed by atoms with Crippen molar-refractivity contribution in [3.05, 3.63) is 108 Å². The SMILES string of the molecule is Cc1ccccc1S(=O)(=O)NC(=O)N[C@@H](Cc1ccccc1)c1nccn1-c1cccc(OC(F)(F)F)c1. The molecule has 0 radical (unpaired) electrons. The fourth-order valence-corrected chi connectivity index (χ4v) is 5.06. The highest BCUT2D eigenvalue weighted by molar-refractivity contribution is 7.90. The maximum atomic E-state index is 12.9. The van der Waals surface area contributed by atoms with E-state index in [1.165, 1.54) is 35.2 Å². The monoisotopic (exact) mass is 544 g/mol. The Hall–Kier alpha value is -4.32. The molecule has 1 atom stereocenters. The molecule has 0 aliphatic heterocycles. The number of benzene rings is 3. The average molecular weight is 545 g/mol. The first-order valence-electron chi connectivity index (χ1n) is 11.3. The van der Waals surface area contributed by atoms with E-state index in [0.29, 0.717) is 11.3 Å². The molecule has 4 rings (SSSR count). The van der Waals surface area contributed by atoms with Crippen molar-refractivity contribution in [2.45, 2.75) is 30.6 Å². The number of alkyl halides is 3. The number of carbonyl (C=O) groups excluding carboxylic acids is 1. The maximum absolute atomic E-state index is 12.9. The molecule has 12 heteroatoms. The Balaban J connectivity index is 1.64. The van der Waals surface area contributed by atoms with E-state index in [1.807, 2.05) is 22.9 Å². The highest BCUT2D eigenvalue weighted by Crippen LogP contribution is 2.27. The van der Waals surface area contributed by atoms with Crippen molar-refractivity contribution in [2.75, 3.05) is 0 Å². The molecule has 38 heavy (non-hydrogen) atoms. The van der Waals surface area contributed by atoms with Crippen LogP contribution in [-0.2, 0) is 16.4 Å². The minimum Gasteiger partial charge on any atom is -0.406 e. The van der Waals surface area contributed by atoms with Gasteiger partial charge in [-0.25, -0.2) is 22.9 Å². The third-order valence-corrected chi connectivity index (χ3v) is 7.00. The van der Waals surface area contributed by atoms with E-state index in [1.54, 1.807) is 43.3 Å². The van der Waals surface area contributed by atoms with Gasteiger partial charge in [0, 0.05) is 18.5 Å². The van der Waals surface area contributed by atoms with E-state index >= 15 is 0 Å². The number of sulfonamides is 1. The van der Waals surface area contributed by atoms with Gasteiger partial charge < -0.3 is 14.6 Å². The van der Waals surface area contributed by atoms with Crippen molar-refractivity contribution >= 4 is 16.1 Å². The second-order valence-electron chi connectivity index (χ2n) is 8.29. The first-order chi connectivity index (χ1) is 18.0. The number of urea groups is 1. The Morgan fingerprint density at radius 3 is 2.45 bits per heavy atom. The highest BCUT2D eigenvalue weighted by atomic mass is 32.2. The third-order valence-electron chi connectivity index (χ3n) is 5.51. The van der Waals surface area contributed by atoms with Gasteiger partial charge in [0.1, 0.15) is 11.6 Å². The Kier molecular flexibility index (Phi) is 7.72. The molecule has 1 aromatic heterocycles. The Bertz CT molecular complexity index is 1520. The number of nitrogens with zero attached hydrogens (tertiary/aromatic N) is 2. The lowest BCUT2D eigenvalue weighted by molar-refractivity contribution is -0.274. The fraction of sp³-hybridized carbons (Fsp3) is 0.154. The van der Waals surface area contributed by atoms with Crippen molar-refractivity contribution < 1.29 is 31.1 Å². The summed E-state index contributed by atoms with van der Waals surface area (Å²) in [6.45, 7) is 1.61. The molecule has 0 fully saturated rings. The molecule has 0 unspecified atom stereocenters. The molecule has 8 nitrogen and oxygen atoms in total. The number of aryl methyl sites for hydroxylation is 1. The lowest BCUT2D eigenvalue weighted by Gasteiger charge is -2.21. The zero-order valence-electron chi connectivity index (χ0n) is 20.0. The van der Waals surface area contributed by atoms with Crippen LogP contribution < -0.4 is 14.8 Å². The number of hydrogen-bond donors (Lipinski definition) is 2. The van der Waals surface area contributed by atoms with Crippen LogP contribution in [0.15, 0.2) is 96.2 Å². The van der Waals surface area contributed by atoms with Gasteiger partial charge in [-0.1, -0.05) is 54.6 Å². The van der Waals surface area contributed by atoms with E-state index < -0.39 is 34.2 Å². The second-order valence-corrected chi connectivity index (χ2v) is 9.94. The standard InChI is InChI=1S/C26H23F3N4O4S/c1-18-8-5-6-13-23(18)38(35,36)32-25(34)31-22(16-19-9-3-2-4-10-19)24-30-14-15-33(24)20-11-7-12-21(17-20)37-26(27,28)29/h2-15,17,22H,16H2,1H3,(H2,31,32,34)/t22-/m0/s1. The normalized spacial score (nSPS) is 12.5. The van der Waals surface area contributed by atoms with E-state index in [0.717, 1.165) is 11.6 Å². The van der Waals surface area contributed by atoms with Crippen LogP contribution >= 0.6 is 0 Å². The summed E-state index contributed by atoms with van der Waals surface area (Å²) in [6.07, 6.45) is -1.71. The van der Waals surface area contributed by atoms with Gasteiger partial charge in [0.2, 0.25) is 0 Å². The number of ether oxygens (including phenoxy) is 1. The van der Waals surface area contributed by atoms with Crippen molar-refractivity contribution in [1.82, 2.24) is 19.6 Å². The molecule has 4 aromatic rings. The molecule has 3 aromatic carbocycles. The van der Waals surface area contributed by atoms with Crippen molar-refractivity contribution in [3.8, 4) is 11.4 Å². The summed E-state index contributed by atoms with van der Waals surface area (Å²) in [7, 11) is -4.18. The molecular weight excluding hydrogens is 521 g/mol. The minimum absolute atomic E-state index is 0.0438. The van der Waals surface area contributed by atoms with E-state index in [2.05, 4.69) is 15.0 Å². The van der Waals surface area contributed by atoms with Crippen molar-refractivity contribution in [2.24, 2.45) is 0 Å². The zero-order chi connectivity index (χ0) is 27.3. The molecule has 2 amide bonds. The number of carbonyl (C=O) groups is 1. The first-order valence-corrected chi connectivity index (χ1v) is 12.8. The van der Waals surface area contributed by atoms with Gasteiger partial charge in [-0.05, 0) is 42.7 Å². The quantitative estimate of drug-likeness (QED) is 0.323. The van der Waals surface area contributed by atoms with Gasteiger partial charge in [0.25, 0.3) is 10.0 Å². The molecule has 2 N–H and O–H groups in total. The fourth-order valence-electron chi connectivity index (χ4n) is 3.90. The van der Waals surface area contributed by atoms with E-state index in [-0.39, 0.29) is 17.1 Å². The van der Waals surface area contributed by atoms with Gasteiger partial charge in [-0.15, -0.1) is 13.2 Å². The predicted molar refractivity (Wildman–Crippen MR) is 133 cm³/mol. The number of imidazole rings is 1. The summed E-state index contributed by atoms with van der Waals surface area (Å²) >= 11 is 0. The van der Waals surface area contributed by atoms with Crippen LogP contribution in [0.2, 0.25) is 0 Å². The van der Waals surface area contributed by atoms with Gasteiger partial charge in [-0.2, -0.15) is 0 Å². The van der Waals surface area contributed by atoms with Crippen LogP contribution in [-0.4, -0.2) is 30.4 Å². The summed E-state index contributed by atoms with van der Waals surface area (Å²) in [5.41, 5.74) is 1.57. The summed E-state index contributed by atoms with van der Waals surface area (Å²) in [5, 5.41) is 2.65. The molecule has 0 bridgehead atoms. The topological polar surface area (TPSA) is 102 Å². The highest BCUT2D eigenvalue weighted by Gasteiger charge is 2.31. The predicted octanol–water partition coefficient (Wildman–Crippen LogP) is 5.05. The number of halogens is 3. The number of rotatable bonds is 8. The van der Waals surface area contributed by atoms with Crippen LogP contribution in [0.25, 0.3) is 5.69 Å². The van der Waals surface area contributed by atoms with Crippen LogP contribution in [0, 0.1) is 6.92 Å². The molecule has 1 heterocycles. The second kappa shape index (κ2) is 11.0. The molecule has 0 saturated heterocycles.